The number of halogens is 2. The monoisotopic (exact) mass is 241 g/mol. The van der Waals surface area contributed by atoms with Gasteiger partial charge < -0.3 is 5.73 Å². The molecule has 0 aliphatic carbocycles. The Hall–Kier alpha value is -1.29. The van der Waals surface area contributed by atoms with E-state index in [2.05, 4.69) is 0 Å². The minimum atomic E-state index is -1.05. The van der Waals surface area contributed by atoms with Crippen molar-refractivity contribution in [2.45, 2.75) is 26.7 Å². The Labute approximate surface area is 99.8 Å². The van der Waals surface area contributed by atoms with E-state index in [-0.39, 0.29) is 22.8 Å². The predicted molar refractivity (Wildman–Crippen MR) is 62.9 cm³/mol. The van der Waals surface area contributed by atoms with Gasteiger partial charge in [-0.3, -0.25) is 4.79 Å². The van der Waals surface area contributed by atoms with Crippen LogP contribution in [0, 0.1) is 24.5 Å². The van der Waals surface area contributed by atoms with Crippen molar-refractivity contribution >= 4 is 5.78 Å². The van der Waals surface area contributed by atoms with Crippen molar-refractivity contribution in [1.82, 2.24) is 0 Å². The molecule has 2 N–H and O–H groups in total. The maximum Gasteiger partial charge on any atom is 0.169 e. The van der Waals surface area contributed by atoms with Crippen molar-refractivity contribution in [2.75, 3.05) is 6.54 Å². The fourth-order valence-corrected chi connectivity index (χ4v) is 1.66. The molecule has 1 rings (SSSR count). The highest BCUT2D eigenvalue weighted by Crippen LogP contribution is 2.20. The molecule has 4 heteroatoms. The second kappa shape index (κ2) is 5.87. The lowest BCUT2D eigenvalue weighted by atomic mass is 9.94. The van der Waals surface area contributed by atoms with Gasteiger partial charge in [-0.2, -0.15) is 0 Å². The third kappa shape index (κ3) is 3.09. The Balaban J connectivity index is 2.93. The van der Waals surface area contributed by atoms with Gasteiger partial charge in [-0.1, -0.05) is 13.0 Å². The molecule has 1 atom stereocenters. The van der Waals surface area contributed by atoms with Gasteiger partial charge in [0.2, 0.25) is 0 Å². The molecule has 0 amide bonds. The average molecular weight is 241 g/mol. The Morgan fingerprint density at radius 3 is 2.59 bits per heavy atom. The number of carbonyl (C=O) groups excluding carboxylic acids is 1. The highest BCUT2D eigenvalue weighted by Gasteiger charge is 2.21. The van der Waals surface area contributed by atoms with Gasteiger partial charge in [0.25, 0.3) is 0 Å². The summed E-state index contributed by atoms with van der Waals surface area (Å²) in [6, 6.07) is 2.76. The first-order valence-corrected chi connectivity index (χ1v) is 5.68. The Kier molecular flexibility index (Phi) is 4.75. The van der Waals surface area contributed by atoms with Gasteiger partial charge in [-0.15, -0.1) is 0 Å². The molecule has 1 unspecified atom stereocenters. The molecule has 17 heavy (non-hydrogen) atoms. The number of Topliss-reactive ketones (excluding diaryl/α,β-unsaturated/α-hetero) is 1. The summed E-state index contributed by atoms with van der Waals surface area (Å²) in [5.41, 5.74) is 5.38. The molecule has 0 bridgehead atoms. The molecular formula is C13H17F2NO. The third-order valence-corrected chi connectivity index (χ3v) is 2.83. The van der Waals surface area contributed by atoms with E-state index in [4.69, 9.17) is 5.73 Å². The summed E-state index contributed by atoms with van der Waals surface area (Å²) in [6.07, 6.45) is 1.28. The summed E-state index contributed by atoms with van der Waals surface area (Å²) in [4.78, 5) is 11.9. The Bertz CT molecular complexity index is 418. The van der Waals surface area contributed by atoms with Crippen LogP contribution in [0.3, 0.4) is 0 Å². The van der Waals surface area contributed by atoms with Crippen LogP contribution in [0.4, 0.5) is 8.78 Å². The minimum absolute atomic E-state index is 0.169. The van der Waals surface area contributed by atoms with E-state index < -0.39 is 11.6 Å². The van der Waals surface area contributed by atoms with Crippen molar-refractivity contribution in [3.05, 3.63) is 34.9 Å². The maximum atomic E-state index is 13.6. The fourth-order valence-electron chi connectivity index (χ4n) is 1.66. The van der Waals surface area contributed by atoms with Crippen molar-refractivity contribution in [2.24, 2.45) is 11.7 Å². The number of ketones is 1. The van der Waals surface area contributed by atoms with Gasteiger partial charge in [0, 0.05) is 5.92 Å². The molecule has 0 aliphatic heterocycles. The molecule has 0 spiro atoms. The van der Waals surface area contributed by atoms with E-state index in [1.54, 1.807) is 6.92 Å². The van der Waals surface area contributed by atoms with Gasteiger partial charge in [0.1, 0.15) is 0 Å². The molecule has 0 saturated heterocycles. The van der Waals surface area contributed by atoms with Gasteiger partial charge in [0.15, 0.2) is 17.4 Å². The highest BCUT2D eigenvalue weighted by atomic mass is 19.2. The zero-order valence-corrected chi connectivity index (χ0v) is 10.1. The molecular weight excluding hydrogens is 224 g/mol. The topological polar surface area (TPSA) is 43.1 Å². The van der Waals surface area contributed by atoms with Gasteiger partial charge >= 0.3 is 0 Å². The molecule has 0 aliphatic rings. The van der Waals surface area contributed by atoms with Crippen LogP contribution in [0.2, 0.25) is 0 Å². The van der Waals surface area contributed by atoms with E-state index >= 15 is 0 Å². The van der Waals surface area contributed by atoms with E-state index in [0.717, 1.165) is 0 Å². The quantitative estimate of drug-likeness (QED) is 0.805. The minimum Gasteiger partial charge on any atom is -0.330 e. The standard InChI is InChI=1S/C13H17F2NO/c1-8-5-6-10(12(15)11(8)14)13(17)9(2)4-3-7-16/h5-6,9H,3-4,7,16H2,1-2H3. The largest absolute Gasteiger partial charge is 0.330 e. The summed E-state index contributed by atoms with van der Waals surface area (Å²) >= 11 is 0. The van der Waals surface area contributed by atoms with Crippen molar-refractivity contribution in [1.29, 1.82) is 0 Å². The van der Waals surface area contributed by atoms with Crippen LogP contribution >= 0.6 is 0 Å². The van der Waals surface area contributed by atoms with Crippen LogP contribution in [0.5, 0.6) is 0 Å². The molecule has 1 aromatic carbocycles. The first-order chi connectivity index (χ1) is 7.99. The van der Waals surface area contributed by atoms with Crippen LogP contribution in [-0.2, 0) is 0 Å². The van der Waals surface area contributed by atoms with E-state index in [1.165, 1.54) is 19.1 Å². The lowest BCUT2D eigenvalue weighted by Crippen LogP contribution is -2.15. The molecule has 0 radical (unpaired) electrons. The van der Waals surface area contributed by atoms with Crippen molar-refractivity contribution in [3.63, 3.8) is 0 Å². The average Bonchev–Trinajstić information content (AvgIpc) is 2.32. The molecule has 2 nitrogen and oxygen atoms in total. The molecule has 0 saturated carbocycles. The number of hydrogen-bond donors (Lipinski definition) is 1. The maximum absolute atomic E-state index is 13.6. The lowest BCUT2D eigenvalue weighted by molar-refractivity contribution is 0.0918. The number of benzene rings is 1. The van der Waals surface area contributed by atoms with Crippen LogP contribution in [-0.4, -0.2) is 12.3 Å². The van der Waals surface area contributed by atoms with Crippen molar-refractivity contribution in [3.8, 4) is 0 Å². The number of hydrogen-bond acceptors (Lipinski definition) is 2. The predicted octanol–water partition coefficient (Wildman–Crippen LogP) is 2.83. The molecule has 0 aromatic heterocycles. The summed E-state index contributed by atoms with van der Waals surface area (Å²) in [7, 11) is 0. The Morgan fingerprint density at radius 2 is 2.00 bits per heavy atom. The first kappa shape index (κ1) is 13.8. The second-order valence-electron chi connectivity index (χ2n) is 4.25. The smallest absolute Gasteiger partial charge is 0.169 e. The SMILES string of the molecule is Cc1ccc(C(=O)C(C)CCCN)c(F)c1F. The fraction of sp³-hybridized carbons (Fsp3) is 0.462. The van der Waals surface area contributed by atoms with Crippen molar-refractivity contribution < 1.29 is 13.6 Å². The summed E-state index contributed by atoms with van der Waals surface area (Å²) in [6.45, 7) is 3.65. The first-order valence-electron chi connectivity index (χ1n) is 5.68. The van der Waals surface area contributed by atoms with Crippen LogP contribution in [0.1, 0.15) is 35.7 Å². The number of rotatable bonds is 5. The zero-order valence-electron chi connectivity index (χ0n) is 10.1. The lowest BCUT2D eigenvalue weighted by Gasteiger charge is -2.11. The third-order valence-electron chi connectivity index (χ3n) is 2.83. The summed E-state index contributed by atoms with van der Waals surface area (Å²) < 4.78 is 26.9. The van der Waals surface area contributed by atoms with Crippen LogP contribution in [0.25, 0.3) is 0 Å². The van der Waals surface area contributed by atoms with E-state index in [9.17, 15) is 13.6 Å². The highest BCUT2D eigenvalue weighted by molar-refractivity contribution is 5.97. The summed E-state index contributed by atoms with van der Waals surface area (Å²) in [5.74, 6) is -2.69. The van der Waals surface area contributed by atoms with Gasteiger partial charge in [0.05, 0.1) is 5.56 Å². The molecule has 1 aromatic rings. The molecule has 0 fully saturated rings. The summed E-state index contributed by atoms with van der Waals surface area (Å²) in [5, 5.41) is 0. The number of nitrogens with two attached hydrogens (primary N) is 1. The van der Waals surface area contributed by atoms with Crippen LogP contribution in [0.15, 0.2) is 12.1 Å². The van der Waals surface area contributed by atoms with E-state index in [1.807, 2.05) is 0 Å². The van der Waals surface area contributed by atoms with Crippen LogP contribution < -0.4 is 5.73 Å². The molecule has 94 valence electrons. The Morgan fingerprint density at radius 1 is 1.35 bits per heavy atom. The molecule has 0 heterocycles. The zero-order chi connectivity index (χ0) is 13.0. The second-order valence-corrected chi connectivity index (χ2v) is 4.25. The normalized spacial score (nSPS) is 12.5. The number of carbonyl (C=O) groups is 1. The van der Waals surface area contributed by atoms with Gasteiger partial charge in [-0.25, -0.2) is 8.78 Å². The van der Waals surface area contributed by atoms with E-state index in [0.29, 0.717) is 19.4 Å². The number of aryl methyl sites for hydroxylation is 1. The van der Waals surface area contributed by atoms with Gasteiger partial charge in [-0.05, 0) is 37.9 Å².